The summed E-state index contributed by atoms with van der Waals surface area (Å²) < 4.78 is 25.0. The predicted molar refractivity (Wildman–Crippen MR) is 143 cm³/mol. The van der Waals surface area contributed by atoms with E-state index in [1.165, 1.54) is 0 Å². The molecule has 2 aliphatic rings. The Labute approximate surface area is 215 Å². The number of methoxy groups -OCH3 is 1. The first-order chi connectivity index (χ1) is 15.7. The molecule has 0 radical (unpaired) electrons. The topological polar surface area (TPSA) is 52.6 Å². The fourth-order valence-corrected chi connectivity index (χ4v) is 4.44. The molecular weight excluding hydrogens is 536 g/mol. The third kappa shape index (κ3) is 9.18. The van der Waals surface area contributed by atoms with E-state index in [0.29, 0.717) is 6.10 Å². The molecule has 2 heterocycles. The highest BCUT2D eigenvalue weighted by Gasteiger charge is 2.22. The molecule has 2 aliphatic heterocycles. The Bertz CT molecular complexity index is 695. The van der Waals surface area contributed by atoms with Crippen molar-refractivity contribution < 1.29 is 13.9 Å². The molecule has 0 aromatic heterocycles. The standard InChI is InChI=1S/C24H40FN5O2.HI/c1-26-24(30-13-9-21(10-14-30)32-20-6-19-31-2)27-11-5-12-28-15-17-29(18-16-28)23-8-4-3-7-22(23)25;/h3-4,7-8,21H,5-6,9-20H2,1-2H3,(H,26,27);1H. The highest BCUT2D eigenvalue weighted by molar-refractivity contribution is 14.0. The number of rotatable bonds is 10. The number of piperazine rings is 1. The quantitative estimate of drug-likeness (QED) is 0.200. The first kappa shape index (κ1) is 28.1. The van der Waals surface area contributed by atoms with Gasteiger partial charge in [0.2, 0.25) is 0 Å². The fourth-order valence-electron chi connectivity index (χ4n) is 4.44. The highest BCUT2D eigenvalue weighted by Crippen LogP contribution is 2.20. The van der Waals surface area contributed by atoms with Crippen molar-refractivity contribution in [2.24, 2.45) is 4.99 Å². The van der Waals surface area contributed by atoms with Crippen LogP contribution in [-0.2, 0) is 9.47 Å². The minimum Gasteiger partial charge on any atom is -0.385 e. The second kappa shape index (κ2) is 15.7. The highest BCUT2D eigenvalue weighted by atomic mass is 127. The Morgan fingerprint density at radius 1 is 1.06 bits per heavy atom. The molecule has 2 saturated heterocycles. The van der Waals surface area contributed by atoms with Gasteiger partial charge in [-0.25, -0.2) is 4.39 Å². The van der Waals surface area contributed by atoms with E-state index in [-0.39, 0.29) is 29.8 Å². The molecule has 1 aromatic rings. The molecule has 1 aromatic carbocycles. The van der Waals surface area contributed by atoms with Gasteiger partial charge < -0.3 is 24.6 Å². The van der Waals surface area contributed by atoms with Crippen molar-refractivity contribution in [1.29, 1.82) is 0 Å². The van der Waals surface area contributed by atoms with Gasteiger partial charge in [-0.15, -0.1) is 24.0 Å². The fraction of sp³-hybridized carbons (Fsp3) is 0.708. The largest absolute Gasteiger partial charge is 0.385 e. The molecule has 0 spiro atoms. The van der Waals surface area contributed by atoms with Gasteiger partial charge in [-0.3, -0.25) is 9.89 Å². The summed E-state index contributed by atoms with van der Waals surface area (Å²) in [6, 6.07) is 7.06. The van der Waals surface area contributed by atoms with Gasteiger partial charge in [0.1, 0.15) is 5.82 Å². The zero-order chi connectivity index (χ0) is 22.6. The van der Waals surface area contributed by atoms with Crippen LogP contribution in [0.25, 0.3) is 0 Å². The van der Waals surface area contributed by atoms with Gasteiger partial charge in [0.15, 0.2) is 5.96 Å². The summed E-state index contributed by atoms with van der Waals surface area (Å²) in [5.74, 6) is 0.866. The number of guanidine groups is 1. The normalized spacial score (nSPS) is 18.3. The summed E-state index contributed by atoms with van der Waals surface area (Å²) in [5.41, 5.74) is 0.724. The van der Waals surface area contributed by atoms with Crippen molar-refractivity contribution >= 4 is 35.6 Å². The molecule has 0 aliphatic carbocycles. The Morgan fingerprint density at radius 3 is 2.45 bits per heavy atom. The van der Waals surface area contributed by atoms with Gasteiger partial charge in [-0.05, 0) is 44.4 Å². The maximum atomic E-state index is 14.0. The molecule has 0 bridgehead atoms. The SMILES string of the molecule is CN=C(NCCCN1CCN(c2ccccc2F)CC1)N1CCC(OCCCOC)CC1.I. The Hall–Kier alpha value is -1.17. The van der Waals surface area contributed by atoms with Crippen LogP contribution < -0.4 is 10.2 Å². The monoisotopic (exact) mass is 577 g/mol. The Morgan fingerprint density at radius 2 is 1.79 bits per heavy atom. The number of para-hydroxylation sites is 1. The average molecular weight is 578 g/mol. The summed E-state index contributed by atoms with van der Waals surface area (Å²) >= 11 is 0. The van der Waals surface area contributed by atoms with E-state index >= 15 is 0 Å². The number of benzene rings is 1. The van der Waals surface area contributed by atoms with E-state index < -0.39 is 0 Å². The summed E-state index contributed by atoms with van der Waals surface area (Å²) in [6.07, 6.45) is 4.46. The van der Waals surface area contributed by atoms with Gasteiger partial charge in [-0.1, -0.05) is 12.1 Å². The molecule has 0 saturated carbocycles. The van der Waals surface area contributed by atoms with Crippen LogP contribution in [0.2, 0.25) is 0 Å². The van der Waals surface area contributed by atoms with Crippen molar-refractivity contribution in [2.45, 2.75) is 31.8 Å². The number of ether oxygens (including phenoxy) is 2. The molecule has 9 heteroatoms. The van der Waals surface area contributed by atoms with Crippen molar-refractivity contribution in [2.75, 3.05) is 84.6 Å². The lowest BCUT2D eigenvalue weighted by atomic mass is 10.1. The molecule has 0 unspecified atom stereocenters. The summed E-state index contributed by atoms with van der Waals surface area (Å²) in [5, 5.41) is 3.53. The van der Waals surface area contributed by atoms with Crippen molar-refractivity contribution in [1.82, 2.24) is 15.1 Å². The molecule has 0 amide bonds. The maximum absolute atomic E-state index is 14.0. The van der Waals surface area contributed by atoms with Crippen LogP contribution in [0, 0.1) is 5.82 Å². The molecule has 7 nitrogen and oxygen atoms in total. The zero-order valence-electron chi connectivity index (χ0n) is 20.2. The second-order valence-electron chi connectivity index (χ2n) is 8.51. The third-order valence-corrected chi connectivity index (χ3v) is 6.30. The number of piperidine rings is 1. The molecule has 33 heavy (non-hydrogen) atoms. The van der Waals surface area contributed by atoms with Crippen LogP contribution in [-0.4, -0.2) is 102 Å². The van der Waals surface area contributed by atoms with Crippen LogP contribution in [0.15, 0.2) is 29.3 Å². The van der Waals surface area contributed by atoms with Gasteiger partial charge in [0.25, 0.3) is 0 Å². The van der Waals surface area contributed by atoms with E-state index in [4.69, 9.17) is 9.47 Å². The van der Waals surface area contributed by atoms with Gasteiger partial charge in [0.05, 0.1) is 11.8 Å². The second-order valence-corrected chi connectivity index (χ2v) is 8.51. The van der Waals surface area contributed by atoms with Crippen molar-refractivity contribution in [3.05, 3.63) is 30.1 Å². The minimum atomic E-state index is -0.127. The van der Waals surface area contributed by atoms with Crippen LogP contribution in [0.1, 0.15) is 25.7 Å². The van der Waals surface area contributed by atoms with Gasteiger partial charge >= 0.3 is 0 Å². The molecule has 0 atom stereocenters. The summed E-state index contributed by atoms with van der Waals surface area (Å²) in [6.45, 7) is 9.15. The Balaban J connectivity index is 0.00000385. The number of hydrogen-bond donors (Lipinski definition) is 1. The minimum absolute atomic E-state index is 0. The number of halogens is 2. The van der Waals surface area contributed by atoms with Crippen LogP contribution in [0.3, 0.4) is 0 Å². The predicted octanol–water partition coefficient (Wildman–Crippen LogP) is 3.05. The zero-order valence-corrected chi connectivity index (χ0v) is 22.5. The number of nitrogens with one attached hydrogen (secondary N) is 1. The first-order valence-corrected chi connectivity index (χ1v) is 12.0. The van der Waals surface area contributed by atoms with Gasteiger partial charge in [-0.2, -0.15) is 0 Å². The summed E-state index contributed by atoms with van der Waals surface area (Å²) in [4.78, 5) is 11.4. The lowest BCUT2D eigenvalue weighted by Gasteiger charge is -2.36. The van der Waals surface area contributed by atoms with Crippen LogP contribution in [0.5, 0.6) is 0 Å². The van der Waals surface area contributed by atoms with Crippen molar-refractivity contribution in [3.63, 3.8) is 0 Å². The number of nitrogens with zero attached hydrogens (tertiary/aromatic N) is 4. The van der Waals surface area contributed by atoms with Crippen LogP contribution >= 0.6 is 24.0 Å². The van der Waals surface area contributed by atoms with E-state index in [9.17, 15) is 4.39 Å². The molecule has 1 N–H and O–H groups in total. The molecule has 188 valence electrons. The van der Waals surface area contributed by atoms with E-state index in [0.717, 1.165) is 103 Å². The number of anilines is 1. The number of aliphatic imine (C=N–C) groups is 1. The molecular formula is C24H41FIN5O2. The summed E-state index contributed by atoms with van der Waals surface area (Å²) in [7, 11) is 3.59. The van der Waals surface area contributed by atoms with Crippen LogP contribution in [0.4, 0.5) is 10.1 Å². The lowest BCUT2D eigenvalue weighted by molar-refractivity contribution is 0.00991. The van der Waals surface area contributed by atoms with E-state index in [1.54, 1.807) is 19.2 Å². The number of hydrogen-bond acceptors (Lipinski definition) is 5. The van der Waals surface area contributed by atoms with E-state index in [2.05, 4.69) is 25.0 Å². The first-order valence-electron chi connectivity index (χ1n) is 12.0. The van der Waals surface area contributed by atoms with E-state index in [1.807, 2.05) is 19.2 Å². The molecule has 3 rings (SSSR count). The Kier molecular flexibility index (Phi) is 13.3. The van der Waals surface area contributed by atoms with Gasteiger partial charge in [0, 0.05) is 73.2 Å². The smallest absolute Gasteiger partial charge is 0.193 e. The third-order valence-electron chi connectivity index (χ3n) is 6.30. The number of likely N-dealkylation sites (tertiary alicyclic amines) is 1. The molecule has 2 fully saturated rings. The maximum Gasteiger partial charge on any atom is 0.193 e. The average Bonchev–Trinajstić information content (AvgIpc) is 2.83. The lowest BCUT2D eigenvalue weighted by Crippen LogP contribution is -2.48. The van der Waals surface area contributed by atoms with Crippen molar-refractivity contribution in [3.8, 4) is 0 Å².